The first-order chi connectivity index (χ1) is 9.37. The number of rotatable bonds is 1. The lowest BCUT2D eigenvalue weighted by Crippen LogP contribution is -2.26. The standard InChI is InChI=1S/C17H20ClNO/c1-11-4-5-12(18)8-14(11)19-7-6-13-15(19)9-17(2,3)10-16(13)20/h4-8,16,20H,9-10H2,1-3H3. The molecule has 0 fully saturated rings. The number of nitrogens with zero attached hydrogens (tertiary/aromatic N) is 1. The van der Waals surface area contributed by atoms with Crippen molar-refractivity contribution in [2.45, 2.75) is 39.7 Å². The largest absolute Gasteiger partial charge is 0.388 e. The van der Waals surface area contributed by atoms with Crippen LogP contribution < -0.4 is 0 Å². The van der Waals surface area contributed by atoms with Crippen LogP contribution in [0.4, 0.5) is 0 Å². The molecule has 0 radical (unpaired) electrons. The molecule has 0 bridgehead atoms. The second-order valence-corrected chi connectivity index (χ2v) is 7.02. The Morgan fingerprint density at radius 2 is 2.05 bits per heavy atom. The average Bonchev–Trinajstić information content (AvgIpc) is 2.74. The molecule has 3 rings (SSSR count). The molecule has 3 heteroatoms. The molecule has 0 aliphatic heterocycles. The molecule has 0 amide bonds. The molecule has 1 heterocycles. The van der Waals surface area contributed by atoms with E-state index in [1.54, 1.807) is 0 Å². The Kier molecular flexibility index (Phi) is 3.19. The predicted molar refractivity (Wildman–Crippen MR) is 82.6 cm³/mol. The van der Waals surface area contributed by atoms with E-state index in [-0.39, 0.29) is 11.5 Å². The average molecular weight is 290 g/mol. The Bertz CT molecular complexity index is 657. The lowest BCUT2D eigenvalue weighted by atomic mass is 9.75. The summed E-state index contributed by atoms with van der Waals surface area (Å²) in [5.41, 5.74) is 4.67. The molecule has 1 aliphatic carbocycles. The van der Waals surface area contributed by atoms with Crippen molar-refractivity contribution >= 4 is 11.6 Å². The predicted octanol–water partition coefficient (Wildman–Crippen LogP) is 4.44. The number of halogens is 1. The van der Waals surface area contributed by atoms with Gasteiger partial charge in [-0.15, -0.1) is 0 Å². The lowest BCUT2D eigenvalue weighted by Gasteiger charge is -2.34. The van der Waals surface area contributed by atoms with Gasteiger partial charge in [0, 0.05) is 28.2 Å². The van der Waals surface area contributed by atoms with E-state index >= 15 is 0 Å². The number of hydrogen-bond donors (Lipinski definition) is 1. The molecule has 1 aromatic heterocycles. The van der Waals surface area contributed by atoms with Gasteiger partial charge >= 0.3 is 0 Å². The van der Waals surface area contributed by atoms with Gasteiger partial charge in [-0.25, -0.2) is 0 Å². The Hall–Kier alpha value is -1.25. The van der Waals surface area contributed by atoms with Crippen molar-refractivity contribution in [2.75, 3.05) is 0 Å². The van der Waals surface area contributed by atoms with Gasteiger partial charge in [0.25, 0.3) is 0 Å². The Morgan fingerprint density at radius 3 is 2.80 bits per heavy atom. The van der Waals surface area contributed by atoms with Gasteiger partial charge < -0.3 is 9.67 Å². The minimum Gasteiger partial charge on any atom is -0.388 e. The van der Waals surface area contributed by atoms with Crippen LogP contribution in [-0.2, 0) is 6.42 Å². The van der Waals surface area contributed by atoms with E-state index in [4.69, 9.17) is 11.6 Å². The van der Waals surface area contributed by atoms with Crippen molar-refractivity contribution < 1.29 is 5.11 Å². The summed E-state index contributed by atoms with van der Waals surface area (Å²) in [7, 11) is 0. The van der Waals surface area contributed by atoms with Gasteiger partial charge in [-0.1, -0.05) is 31.5 Å². The lowest BCUT2D eigenvalue weighted by molar-refractivity contribution is 0.0987. The fourth-order valence-electron chi connectivity index (χ4n) is 3.20. The van der Waals surface area contributed by atoms with Gasteiger partial charge in [0.05, 0.1) is 6.10 Å². The van der Waals surface area contributed by atoms with Gasteiger partial charge in [0.15, 0.2) is 0 Å². The van der Waals surface area contributed by atoms with Crippen LogP contribution in [0.5, 0.6) is 0 Å². The fraction of sp³-hybridized carbons (Fsp3) is 0.412. The quantitative estimate of drug-likeness (QED) is 0.824. The number of benzene rings is 1. The summed E-state index contributed by atoms with van der Waals surface area (Å²) in [6.45, 7) is 6.51. The highest BCUT2D eigenvalue weighted by atomic mass is 35.5. The van der Waals surface area contributed by atoms with Crippen LogP contribution in [-0.4, -0.2) is 9.67 Å². The van der Waals surface area contributed by atoms with Crippen molar-refractivity contribution in [1.29, 1.82) is 0 Å². The maximum absolute atomic E-state index is 10.3. The van der Waals surface area contributed by atoms with E-state index in [1.165, 1.54) is 11.3 Å². The van der Waals surface area contributed by atoms with E-state index in [0.717, 1.165) is 29.1 Å². The molecule has 1 aromatic carbocycles. The van der Waals surface area contributed by atoms with Crippen LogP contribution in [0, 0.1) is 12.3 Å². The Balaban J connectivity index is 2.16. The molecule has 1 atom stereocenters. The first-order valence-electron chi connectivity index (χ1n) is 7.02. The number of fused-ring (bicyclic) bond motifs is 1. The van der Waals surface area contributed by atoms with Crippen LogP contribution in [0.3, 0.4) is 0 Å². The van der Waals surface area contributed by atoms with Crippen molar-refractivity contribution in [3.05, 3.63) is 52.3 Å². The zero-order chi connectivity index (χ0) is 14.5. The fourth-order valence-corrected chi connectivity index (χ4v) is 3.36. The maximum Gasteiger partial charge on any atom is 0.0812 e. The second kappa shape index (κ2) is 4.64. The zero-order valence-corrected chi connectivity index (χ0v) is 12.9. The van der Waals surface area contributed by atoms with Crippen molar-refractivity contribution in [3.8, 4) is 5.69 Å². The molecular weight excluding hydrogens is 270 g/mol. The molecule has 0 spiro atoms. The molecule has 106 valence electrons. The highest BCUT2D eigenvalue weighted by Gasteiger charge is 2.33. The second-order valence-electron chi connectivity index (χ2n) is 6.58. The van der Waals surface area contributed by atoms with Gasteiger partial charge in [-0.2, -0.15) is 0 Å². The van der Waals surface area contributed by atoms with Crippen LogP contribution in [0.2, 0.25) is 5.02 Å². The van der Waals surface area contributed by atoms with Crippen LogP contribution >= 0.6 is 11.6 Å². The summed E-state index contributed by atoms with van der Waals surface area (Å²) in [5, 5.41) is 11.1. The third-order valence-corrected chi connectivity index (χ3v) is 4.44. The minimum atomic E-state index is -0.366. The van der Waals surface area contributed by atoms with Gasteiger partial charge in [0.2, 0.25) is 0 Å². The number of aromatic nitrogens is 1. The summed E-state index contributed by atoms with van der Waals surface area (Å²) in [6.07, 6.45) is 3.47. The molecule has 1 unspecified atom stereocenters. The van der Waals surface area contributed by atoms with E-state index in [0.29, 0.717) is 0 Å². The summed E-state index contributed by atoms with van der Waals surface area (Å²) in [6, 6.07) is 7.98. The van der Waals surface area contributed by atoms with E-state index in [9.17, 15) is 5.11 Å². The SMILES string of the molecule is Cc1ccc(Cl)cc1-n1ccc2c1CC(C)(C)CC2O. The minimum absolute atomic E-state index is 0.120. The number of aliphatic hydroxyl groups is 1. The summed E-state index contributed by atoms with van der Waals surface area (Å²) in [5.74, 6) is 0. The molecule has 2 nitrogen and oxygen atoms in total. The smallest absolute Gasteiger partial charge is 0.0812 e. The van der Waals surface area contributed by atoms with Crippen LogP contribution in [0.25, 0.3) is 5.69 Å². The number of hydrogen-bond acceptors (Lipinski definition) is 1. The zero-order valence-electron chi connectivity index (χ0n) is 12.2. The third-order valence-electron chi connectivity index (χ3n) is 4.21. The van der Waals surface area contributed by atoms with Gasteiger partial charge in [-0.3, -0.25) is 0 Å². The van der Waals surface area contributed by atoms with Crippen molar-refractivity contribution in [3.63, 3.8) is 0 Å². The molecule has 0 saturated heterocycles. The highest BCUT2D eigenvalue weighted by molar-refractivity contribution is 6.30. The summed E-state index contributed by atoms with van der Waals surface area (Å²) >= 11 is 6.14. The van der Waals surface area contributed by atoms with E-state index in [2.05, 4.69) is 25.3 Å². The number of aryl methyl sites for hydroxylation is 1. The molecule has 0 saturated carbocycles. The van der Waals surface area contributed by atoms with Crippen molar-refractivity contribution in [2.24, 2.45) is 5.41 Å². The normalized spacial score (nSPS) is 20.8. The molecule has 1 N–H and O–H groups in total. The first-order valence-corrected chi connectivity index (χ1v) is 7.40. The monoisotopic (exact) mass is 289 g/mol. The Morgan fingerprint density at radius 1 is 1.30 bits per heavy atom. The molecule has 20 heavy (non-hydrogen) atoms. The Labute approximate surface area is 125 Å². The van der Waals surface area contributed by atoms with Crippen LogP contribution in [0.15, 0.2) is 30.5 Å². The summed E-state index contributed by atoms with van der Waals surface area (Å²) in [4.78, 5) is 0. The van der Waals surface area contributed by atoms with Gasteiger partial charge in [-0.05, 0) is 48.9 Å². The van der Waals surface area contributed by atoms with Gasteiger partial charge in [0.1, 0.15) is 0 Å². The number of aliphatic hydroxyl groups excluding tert-OH is 1. The highest BCUT2D eigenvalue weighted by Crippen LogP contribution is 2.42. The molecule has 1 aliphatic rings. The molecule has 2 aromatic rings. The summed E-state index contributed by atoms with van der Waals surface area (Å²) < 4.78 is 2.18. The van der Waals surface area contributed by atoms with Crippen LogP contribution in [0.1, 0.15) is 43.2 Å². The molecular formula is C17H20ClNO. The topological polar surface area (TPSA) is 25.2 Å². The third kappa shape index (κ3) is 2.27. The first kappa shape index (κ1) is 13.7. The van der Waals surface area contributed by atoms with E-state index < -0.39 is 0 Å². The maximum atomic E-state index is 10.3. The van der Waals surface area contributed by atoms with E-state index in [1.807, 2.05) is 30.5 Å². The van der Waals surface area contributed by atoms with Crippen molar-refractivity contribution in [1.82, 2.24) is 4.57 Å².